The molecule has 0 N–H and O–H groups in total. The molecule has 2 heterocycles. The zero-order valence-corrected chi connectivity index (χ0v) is 9.42. The van der Waals surface area contributed by atoms with Crippen LogP contribution in [0.15, 0.2) is 0 Å². The number of nitrogens with zero attached hydrogens (tertiary/aromatic N) is 1. The normalized spacial score (nSPS) is 39.2. The fourth-order valence-corrected chi connectivity index (χ4v) is 2.63. The summed E-state index contributed by atoms with van der Waals surface area (Å²) < 4.78 is 5.52. The fraction of sp³-hybridized carbons (Fsp3) is 1.00. The third-order valence-corrected chi connectivity index (χ3v) is 3.14. The zero-order valence-electron chi connectivity index (χ0n) is 9.42. The van der Waals surface area contributed by atoms with Gasteiger partial charge in [0.2, 0.25) is 0 Å². The van der Waals surface area contributed by atoms with E-state index in [1.807, 2.05) is 13.8 Å². The summed E-state index contributed by atoms with van der Waals surface area (Å²) >= 11 is 0. The maximum atomic E-state index is 5.52. The van der Waals surface area contributed by atoms with E-state index in [-0.39, 0.29) is 0 Å². The first kappa shape index (κ1) is 11.0. The van der Waals surface area contributed by atoms with E-state index in [0.717, 1.165) is 31.1 Å². The molecule has 0 radical (unpaired) electrons. The van der Waals surface area contributed by atoms with Gasteiger partial charge in [0, 0.05) is 6.04 Å². The van der Waals surface area contributed by atoms with Gasteiger partial charge in [0.1, 0.15) is 0 Å². The highest BCUT2D eigenvalue weighted by Crippen LogP contribution is 2.32. The number of ether oxygens (including phenoxy) is 1. The number of hydrogen-bond acceptors (Lipinski definition) is 2. The molecule has 2 rings (SSSR count). The van der Waals surface area contributed by atoms with E-state index in [9.17, 15) is 0 Å². The Morgan fingerprint density at radius 3 is 2.54 bits per heavy atom. The smallest absolute Gasteiger partial charge is 0.0509 e. The molecule has 2 aliphatic rings. The summed E-state index contributed by atoms with van der Waals surface area (Å²) in [6.45, 7) is 9.53. The number of fused-ring (bicyclic) bond motifs is 1. The van der Waals surface area contributed by atoms with E-state index in [2.05, 4.69) is 18.9 Å². The summed E-state index contributed by atoms with van der Waals surface area (Å²) in [4.78, 5) is 2.50. The van der Waals surface area contributed by atoms with Crippen LogP contribution in [0.4, 0.5) is 0 Å². The Labute approximate surface area is 82.3 Å². The first-order chi connectivity index (χ1) is 6.29. The van der Waals surface area contributed by atoms with Gasteiger partial charge < -0.3 is 9.64 Å². The highest BCUT2D eigenvalue weighted by molar-refractivity contribution is 4.90. The first-order valence-electron chi connectivity index (χ1n) is 5.57. The summed E-state index contributed by atoms with van der Waals surface area (Å²) in [6.07, 6.45) is 1.34. The Morgan fingerprint density at radius 2 is 1.92 bits per heavy atom. The Kier molecular flexibility index (Phi) is 4.20. The lowest BCUT2D eigenvalue weighted by Crippen LogP contribution is -2.42. The molecule has 0 aromatic carbocycles. The molecule has 2 nitrogen and oxygen atoms in total. The lowest BCUT2D eigenvalue weighted by molar-refractivity contribution is -0.0113. The van der Waals surface area contributed by atoms with Gasteiger partial charge in [0.25, 0.3) is 0 Å². The van der Waals surface area contributed by atoms with Crippen molar-refractivity contribution in [3.63, 3.8) is 0 Å². The van der Waals surface area contributed by atoms with Crippen molar-refractivity contribution in [3.8, 4) is 0 Å². The predicted molar refractivity (Wildman–Crippen MR) is 55.9 cm³/mol. The molecule has 0 aromatic heterocycles. The van der Waals surface area contributed by atoms with Crippen molar-refractivity contribution in [3.05, 3.63) is 0 Å². The second-order valence-electron chi connectivity index (χ2n) is 4.03. The molecule has 0 aromatic rings. The van der Waals surface area contributed by atoms with Crippen molar-refractivity contribution in [2.45, 2.75) is 33.2 Å². The molecule has 0 bridgehead atoms. The minimum Gasteiger partial charge on any atom is -0.381 e. The van der Waals surface area contributed by atoms with Crippen LogP contribution in [0.5, 0.6) is 0 Å². The van der Waals surface area contributed by atoms with Crippen LogP contribution >= 0.6 is 0 Å². The van der Waals surface area contributed by atoms with Crippen molar-refractivity contribution in [1.82, 2.24) is 4.90 Å². The average molecular weight is 185 g/mol. The lowest BCUT2D eigenvalue weighted by atomic mass is 9.89. The van der Waals surface area contributed by atoms with Crippen LogP contribution in [0.25, 0.3) is 0 Å². The number of hydrogen-bond donors (Lipinski definition) is 0. The van der Waals surface area contributed by atoms with Crippen LogP contribution in [0.2, 0.25) is 0 Å². The summed E-state index contributed by atoms with van der Waals surface area (Å²) in [5, 5.41) is 0. The number of rotatable bonds is 0. The van der Waals surface area contributed by atoms with E-state index < -0.39 is 0 Å². The SMILES string of the molecule is CC.CC1COCC2CCN(C)C12. The molecular weight excluding hydrogens is 162 g/mol. The molecule has 13 heavy (non-hydrogen) atoms. The molecule has 2 saturated heterocycles. The third kappa shape index (κ3) is 2.23. The maximum Gasteiger partial charge on any atom is 0.0509 e. The second-order valence-corrected chi connectivity index (χ2v) is 4.03. The molecule has 0 amide bonds. The van der Waals surface area contributed by atoms with Gasteiger partial charge in [-0.2, -0.15) is 0 Å². The van der Waals surface area contributed by atoms with Crippen LogP contribution in [0.3, 0.4) is 0 Å². The van der Waals surface area contributed by atoms with E-state index in [1.165, 1.54) is 13.0 Å². The monoisotopic (exact) mass is 185 g/mol. The highest BCUT2D eigenvalue weighted by Gasteiger charge is 2.38. The highest BCUT2D eigenvalue weighted by atomic mass is 16.5. The lowest BCUT2D eigenvalue weighted by Gasteiger charge is -2.34. The van der Waals surface area contributed by atoms with Crippen molar-refractivity contribution in [2.24, 2.45) is 11.8 Å². The van der Waals surface area contributed by atoms with E-state index in [1.54, 1.807) is 0 Å². The topological polar surface area (TPSA) is 12.5 Å². The Hall–Kier alpha value is -0.0800. The summed E-state index contributed by atoms with van der Waals surface area (Å²) in [5.74, 6) is 1.56. The first-order valence-corrected chi connectivity index (χ1v) is 5.57. The third-order valence-electron chi connectivity index (χ3n) is 3.14. The van der Waals surface area contributed by atoms with Gasteiger partial charge in [-0.1, -0.05) is 20.8 Å². The van der Waals surface area contributed by atoms with Crippen LogP contribution < -0.4 is 0 Å². The van der Waals surface area contributed by atoms with Crippen molar-refractivity contribution >= 4 is 0 Å². The summed E-state index contributed by atoms with van der Waals surface area (Å²) in [6, 6.07) is 0.809. The minimum absolute atomic E-state index is 0.737. The number of likely N-dealkylation sites (tertiary alicyclic amines) is 1. The fourth-order valence-electron chi connectivity index (χ4n) is 2.63. The molecule has 0 saturated carbocycles. The minimum atomic E-state index is 0.737. The van der Waals surface area contributed by atoms with Gasteiger partial charge in [-0.3, -0.25) is 0 Å². The van der Waals surface area contributed by atoms with Crippen molar-refractivity contribution in [1.29, 1.82) is 0 Å². The van der Waals surface area contributed by atoms with E-state index >= 15 is 0 Å². The molecule has 0 spiro atoms. The standard InChI is InChI=1S/C9H17NO.C2H6/c1-7-5-11-6-8-3-4-10(2)9(7)8;1-2/h7-9H,3-6H2,1-2H3;1-2H3. The predicted octanol–water partition coefficient (Wildman–Crippen LogP) is 2.00. The largest absolute Gasteiger partial charge is 0.381 e. The quantitative estimate of drug-likeness (QED) is 0.572. The van der Waals surface area contributed by atoms with Crippen molar-refractivity contribution < 1.29 is 4.74 Å². The van der Waals surface area contributed by atoms with Gasteiger partial charge in [0.05, 0.1) is 13.2 Å². The Morgan fingerprint density at radius 1 is 1.23 bits per heavy atom. The van der Waals surface area contributed by atoms with Gasteiger partial charge in [-0.15, -0.1) is 0 Å². The Balaban J connectivity index is 0.000000396. The molecule has 2 heteroatoms. The summed E-state index contributed by atoms with van der Waals surface area (Å²) in [5.41, 5.74) is 0. The van der Waals surface area contributed by atoms with E-state index in [4.69, 9.17) is 4.74 Å². The molecule has 3 atom stereocenters. The van der Waals surface area contributed by atoms with Crippen LogP contribution in [0.1, 0.15) is 27.2 Å². The van der Waals surface area contributed by atoms with Gasteiger partial charge in [0.15, 0.2) is 0 Å². The molecule has 2 aliphatic heterocycles. The molecule has 78 valence electrons. The van der Waals surface area contributed by atoms with Gasteiger partial charge in [-0.05, 0) is 31.8 Å². The van der Waals surface area contributed by atoms with Gasteiger partial charge >= 0.3 is 0 Å². The van der Waals surface area contributed by atoms with Crippen LogP contribution in [-0.4, -0.2) is 37.7 Å². The van der Waals surface area contributed by atoms with Crippen LogP contribution in [-0.2, 0) is 4.74 Å². The van der Waals surface area contributed by atoms with E-state index in [0.29, 0.717) is 0 Å². The molecule has 2 fully saturated rings. The molecular formula is C11H23NO. The second kappa shape index (κ2) is 4.97. The summed E-state index contributed by atoms with van der Waals surface area (Å²) in [7, 11) is 2.24. The van der Waals surface area contributed by atoms with Gasteiger partial charge in [-0.25, -0.2) is 0 Å². The van der Waals surface area contributed by atoms with Crippen LogP contribution in [0, 0.1) is 11.8 Å². The zero-order chi connectivity index (χ0) is 9.84. The Bertz CT molecular complexity index is 147. The molecule has 3 unspecified atom stereocenters. The maximum absolute atomic E-state index is 5.52. The molecule has 0 aliphatic carbocycles. The van der Waals surface area contributed by atoms with Crippen molar-refractivity contribution in [2.75, 3.05) is 26.8 Å². The average Bonchev–Trinajstić information content (AvgIpc) is 2.53.